The van der Waals surface area contributed by atoms with Crippen molar-refractivity contribution in [1.29, 1.82) is 0 Å². The summed E-state index contributed by atoms with van der Waals surface area (Å²) in [6, 6.07) is 2.62. The minimum atomic E-state index is 0.410. The maximum Gasteiger partial charge on any atom is 0.0739 e. The average Bonchev–Trinajstić information content (AvgIpc) is 2.97. The molecule has 0 bridgehead atoms. The fourth-order valence-electron chi connectivity index (χ4n) is 2.72. The molecule has 116 valence electrons. The van der Waals surface area contributed by atoms with Gasteiger partial charge in [0.25, 0.3) is 0 Å². The number of halogens is 1. The second-order valence-corrected chi connectivity index (χ2v) is 6.66. The van der Waals surface area contributed by atoms with Gasteiger partial charge in [0, 0.05) is 25.5 Å². The molecule has 2 aromatic rings. The summed E-state index contributed by atoms with van der Waals surface area (Å²) in [5, 5.41) is 8.01. The van der Waals surface area contributed by atoms with E-state index < -0.39 is 0 Å². The van der Waals surface area contributed by atoms with Crippen LogP contribution in [-0.2, 0) is 13.6 Å². The van der Waals surface area contributed by atoms with Gasteiger partial charge in [0.05, 0.1) is 22.4 Å². The molecule has 0 saturated carbocycles. The van der Waals surface area contributed by atoms with Gasteiger partial charge >= 0.3 is 0 Å². The number of aryl methyl sites for hydroxylation is 2. The third-order valence-corrected chi connectivity index (χ3v) is 4.85. The van der Waals surface area contributed by atoms with Crippen LogP contribution in [0, 0.1) is 12.8 Å². The van der Waals surface area contributed by atoms with Crippen molar-refractivity contribution in [2.75, 3.05) is 6.54 Å². The van der Waals surface area contributed by atoms with Crippen LogP contribution in [0.4, 0.5) is 0 Å². The van der Waals surface area contributed by atoms with Gasteiger partial charge in [0.2, 0.25) is 0 Å². The highest BCUT2D eigenvalue weighted by atomic mass is 79.9. The summed E-state index contributed by atoms with van der Waals surface area (Å²) in [6.45, 7) is 10.5. The number of nitrogens with one attached hydrogen (secondary N) is 1. The van der Waals surface area contributed by atoms with Crippen LogP contribution in [-0.4, -0.2) is 20.9 Å². The molecule has 0 aromatic carbocycles. The Kier molecular flexibility index (Phi) is 5.27. The first-order chi connectivity index (χ1) is 9.93. The molecule has 2 rings (SSSR count). The fraction of sp³-hybridized carbons (Fsp3) is 0.562. The van der Waals surface area contributed by atoms with Crippen LogP contribution in [0.15, 0.2) is 22.9 Å². The molecule has 4 nitrogen and oxygen atoms in total. The highest BCUT2D eigenvalue weighted by Gasteiger charge is 2.16. The largest absolute Gasteiger partial charge is 0.348 e. The monoisotopic (exact) mass is 352 g/mol. The zero-order chi connectivity index (χ0) is 15.6. The van der Waals surface area contributed by atoms with E-state index in [0.29, 0.717) is 12.0 Å². The summed E-state index contributed by atoms with van der Waals surface area (Å²) in [4.78, 5) is 0. The Bertz CT molecular complexity index is 597. The molecule has 0 radical (unpaired) electrons. The van der Waals surface area contributed by atoms with Gasteiger partial charge in [0.15, 0.2) is 0 Å². The Hall–Kier alpha value is -1.07. The van der Waals surface area contributed by atoms with Crippen LogP contribution in [0.2, 0.25) is 0 Å². The normalized spacial score (nSPS) is 13.1. The summed E-state index contributed by atoms with van der Waals surface area (Å²) in [5.41, 5.74) is 3.58. The summed E-state index contributed by atoms with van der Waals surface area (Å²) < 4.78 is 5.28. The predicted octanol–water partition coefficient (Wildman–Crippen LogP) is 3.65. The van der Waals surface area contributed by atoms with Crippen molar-refractivity contribution in [2.45, 2.75) is 40.3 Å². The van der Waals surface area contributed by atoms with E-state index in [-0.39, 0.29) is 0 Å². The van der Waals surface area contributed by atoms with Crippen LogP contribution in [0.5, 0.6) is 0 Å². The molecule has 0 aliphatic heterocycles. The van der Waals surface area contributed by atoms with Gasteiger partial charge in [-0.25, -0.2) is 0 Å². The molecular weight excluding hydrogens is 328 g/mol. The Morgan fingerprint density at radius 2 is 2.10 bits per heavy atom. The van der Waals surface area contributed by atoms with Gasteiger partial charge in [-0.05, 0) is 46.9 Å². The Balaban J connectivity index is 2.20. The van der Waals surface area contributed by atoms with Crippen LogP contribution in [0.25, 0.3) is 0 Å². The van der Waals surface area contributed by atoms with E-state index in [0.717, 1.165) is 23.3 Å². The third-order valence-electron chi connectivity index (χ3n) is 3.82. The van der Waals surface area contributed by atoms with Crippen molar-refractivity contribution in [1.82, 2.24) is 19.7 Å². The number of nitrogens with zero attached hydrogens (tertiary/aromatic N) is 3. The molecule has 0 amide bonds. The van der Waals surface area contributed by atoms with E-state index in [1.165, 1.54) is 11.3 Å². The van der Waals surface area contributed by atoms with Crippen molar-refractivity contribution >= 4 is 15.9 Å². The van der Waals surface area contributed by atoms with Crippen molar-refractivity contribution in [3.63, 3.8) is 0 Å². The van der Waals surface area contributed by atoms with E-state index in [1.807, 2.05) is 18.7 Å². The van der Waals surface area contributed by atoms with E-state index in [2.05, 4.69) is 70.1 Å². The average molecular weight is 353 g/mol. The minimum absolute atomic E-state index is 0.410. The molecule has 1 N–H and O–H groups in total. The maximum absolute atomic E-state index is 4.45. The number of aromatic nitrogens is 3. The number of hydrogen-bond acceptors (Lipinski definition) is 2. The topological polar surface area (TPSA) is 34.8 Å². The molecular formula is C16H25BrN4. The lowest BCUT2D eigenvalue weighted by Gasteiger charge is -2.20. The molecule has 5 heteroatoms. The minimum Gasteiger partial charge on any atom is -0.348 e. The van der Waals surface area contributed by atoms with E-state index >= 15 is 0 Å². The first kappa shape index (κ1) is 16.3. The number of rotatable bonds is 6. The molecule has 21 heavy (non-hydrogen) atoms. The summed E-state index contributed by atoms with van der Waals surface area (Å²) in [7, 11) is 1.99. The highest BCUT2D eigenvalue weighted by molar-refractivity contribution is 9.10. The summed E-state index contributed by atoms with van der Waals surface area (Å²) >= 11 is 3.63. The standard InChI is InChI=1S/C16H25BrN4/c1-6-18-16(11(2)3)13-7-8-21(9-13)10-14-15(17)12(4)19-20(14)5/h7-9,11,16,18H,6,10H2,1-5H3. The quantitative estimate of drug-likeness (QED) is 0.860. The van der Waals surface area contributed by atoms with Gasteiger partial charge in [-0.15, -0.1) is 0 Å². The first-order valence-electron chi connectivity index (χ1n) is 7.51. The van der Waals surface area contributed by atoms with E-state index in [1.54, 1.807) is 0 Å². The van der Waals surface area contributed by atoms with Crippen molar-refractivity contribution in [3.05, 3.63) is 39.9 Å². The van der Waals surface area contributed by atoms with Crippen molar-refractivity contribution in [2.24, 2.45) is 13.0 Å². The van der Waals surface area contributed by atoms with Crippen LogP contribution < -0.4 is 5.32 Å². The third kappa shape index (κ3) is 3.58. The molecule has 0 saturated heterocycles. The van der Waals surface area contributed by atoms with Crippen LogP contribution in [0.3, 0.4) is 0 Å². The molecule has 0 aliphatic rings. The Labute approximate surface area is 135 Å². The smallest absolute Gasteiger partial charge is 0.0739 e. The van der Waals surface area contributed by atoms with Gasteiger partial charge in [-0.1, -0.05) is 20.8 Å². The molecule has 0 aliphatic carbocycles. The number of hydrogen-bond donors (Lipinski definition) is 1. The predicted molar refractivity (Wildman–Crippen MR) is 90.4 cm³/mol. The molecule has 1 atom stereocenters. The SMILES string of the molecule is CCNC(c1ccn(Cc2c(Br)c(C)nn2C)c1)C(C)C. The maximum atomic E-state index is 4.45. The highest BCUT2D eigenvalue weighted by Crippen LogP contribution is 2.24. The van der Waals surface area contributed by atoms with Crippen LogP contribution >= 0.6 is 15.9 Å². The summed E-state index contributed by atoms with van der Waals surface area (Å²) in [5.74, 6) is 0.575. The van der Waals surface area contributed by atoms with Gasteiger partial charge in [-0.2, -0.15) is 5.10 Å². The zero-order valence-corrected chi connectivity index (χ0v) is 15.1. The van der Waals surface area contributed by atoms with Gasteiger partial charge < -0.3 is 9.88 Å². The zero-order valence-electron chi connectivity index (χ0n) is 13.5. The molecule has 0 fully saturated rings. The molecule has 0 spiro atoms. The van der Waals surface area contributed by atoms with Crippen molar-refractivity contribution < 1.29 is 0 Å². The molecule has 2 aromatic heterocycles. The lowest BCUT2D eigenvalue weighted by atomic mass is 9.98. The van der Waals surface area contributed by atoms with E-state index in [4.69, 9.17) is 0 Å². The van der Waals surface area contributed by atoms with Crippen LogP contribution in [0.1, 0.15) is 43.8 Å². The Morgan fingerprint density at radius 3 is 2.62 bits per heavy atom. The summed E-state index contributed by atoms with van der Waals surface area (Å²) in [6.07, 6.45) is 4.39. The second kappa shape index (κ2) is 6.79. The molecule has 1 unspecified atom stereocenters. The van der Waals surface area contributed by atoms with Gasteiger partial charge in [-0.3, -0.25) is 4.68 Å². The van der Waals surface area contributed by atoms with Gasteiger partial charge in [0.1, 0.15) is 0 Å². The lowest BCUT2D eigenvalue weighted by molar-refractivity contribution is 0.421. The Morgan fingerprint density at radius 1 is 1.38 bits per heavy atom. The fourth-order valence-corrected chi connectivity index (χ4v) is 3.19. The second-order valence-electron chi connectivity index (χ2n) is 5.87. The first-order valence-corrected chi connectivity index (χ1v) is 8.30. The lowest BCUT2D eigenvalue weighted by Crippen LogP contribution is -2.25. The van der Waals surface area contributed by atoms with Crippen molar-refractivity contribution in [3.8, 4) is 0 Å². The molecule has 2 heterocycles. The van der Waals surface area contributed by atoms with E-state index in [9.17, 15) is 0 Å².